The Labute approximate surface area is 142 Å². The second-order valence-electron chi connectivity index (χ2n) is 5.33. The first-order valence-corrected chi connectivity index (χ1v) is 7.90. The minimum Gasteiger partial charge on any atom is -0.494 e. The Balaban J connectivity index is 1.95. The third kappa shape index (κ3) is 4.93. The van der Waals surface area contributed by atoms with E-state index in [4.69, 9.17) is 17.0 Å². The van der Waals surface area contributed by atoms with Crippen LogP contribution in [0.1, 0.15) is 18.1 Å². The Morgan fingerprint density at radius 3 is 2.52 bits per heavy atom. The molecule has 2 rings (SSSR count). The molecular weight excluding hydrogens is 311 g/mol. The minimum absolute atomic E-state index is 0.244. The average Bonchev–Trinajstić information content (AvgIpc) is 2.53. The molecule has 0 aliphatic carbocycles. The number of nitrogens with one attached hydrogen (secondary N) is 1. The third-order valence-corrected chi connectivity index (χ3v) is 3.84. The van der Waals surface area contributed by atoms with Gasteiger partial charge in [0, 0.05) is 19.3 Å². The van der Waals surface area contributed by atoms with E-state index in [1.807, 2.05) is 49.2 Å². The number of anilines is 1. The van der Waals surface area contributed by atoms with Crippen molar-refractivity contribution in [3.05, 3.63) is 59.4 Å². The highest BCUT2D eigenvalue weighted by molar-refractivity contribution is 7.80. The molecule has 2 aromatic carbocycles. The summed E-state index contributed by atoms with van der Waals surface area (Å²) in [6.07, 6.45) is 0. The topological polar surface area (TPSA) is 24.5 Å². The van der Waals surface area contributed by atoms with Gasteiger partial charge in [-0.15, -0.1) is 0 Å². The van der Waals surface area contributed by atoms with Crippen LogP contribution < -0.4 is 10.1 Å². The molecule has 1 N–H and O–H groups in total. The van der Waals surface area contributed by atoms with Gasteiger partial charge in [0.1, 0.15) is 11.6 Å². The maximum atomic E-state index is 13.6. The Bertz CT molecular complexity index is 673. The molecule has 0 saturated heterocycles. The lowest BCUT2D eigenvalue weighted by Gasteiger charge is -2.21. The quantitative estimate of drug-likeness (QED) is 0.822. The molecule has 0 fully saturated rings. The van der Waals surface area contributed by atoms with Gasteiger partial charge in [0.15, 0.2) is 5.11 Å². The number of hydrogen-bond acceptors (Lipinski definition) is 2. The van der Waals surface area contributed by atoms with Gasteiger partial charge >= 0.3 is 0 Å². The van der Waals surface area contributed by atoms with Gasteiger partial charge in [0.2, 0.25) is 0 Å². The molecule has 0 aliphatic heterocycles. The molecule has 23 heavy (non-hydrogen) atoms. The lowest BCUT2D eigenvalue weighted by Crippen LogP contribution is -2.30. The van der Waals surface area contributed by atoms with Crippen LogP contribution >= 0.6 is 12.2 Å². The zero-order valence-electron chi connectivity index (χ0n) is 13.6. The highest BCUT2D eigenvalue weighted by atomic mass is 32.1. The van der Waals surface area contributed by atoms with Crippen molar-refractivity contribution in [1.29, 1.82) is 0 Å². The Morgan fingerprint density at radius 1 is 1.22 bits per heavy atom. The molecule has 122 valence electrons. The van der Waals surface area contributed by atoms with E-state index in [0.717, 1.165) is 11.3 Å². The van der Waals surface area contributed by atoms with Crippen LogP contribution in [0.3, 0.4) is 0 Å². The molecule has 2 aromatic rings. The summed E-state index contributed by atoms with van der Waals surface area (Å²) in [6, 6.07) is 12.9. The van der Waals surface area contributed by atoms with Gasteiger partial charge in [0.25, 0.3) is 0 Å². The summed E-state index contributed by atoms with van der Waals surface area (Å²) in [7, 11) is 1.90. The highest BCUT2D eigenvalue weighted by Gasteiger charge is 2.07. The summed E-state index contributed by atoms with van der Waals surface area (Å²) < 4.78 is 19.0. The number of ether oxygens (including phenoxy) is 1. The summed E-state index contributed by atoms with van der Waals surface area (Å²) >= 11 is 5.37. The summed E-state index contributed by atoms with van der Waals surface area (Å²) in [5.74, 6) is 0.613. The van der Waals surface area contributed by atoms with Crippen LogP contribution in [0.4, 0.5) is 10.1 Å². The fraction of sp³-hybridized carbons (Fsp3) is 0.278. The zero-order valence-corrected chi connectivity index (χ0v) is 14.4. The second kappa shape index (κ2) is 7.92. The Hall–Kier alpha value is -2.14. The lowest BCUT2D eigenvalue weighted by molar-refractivity contribution is 0.340. The minimum atomic E-state index is -0.244. The standard InChI is InChI=1S/C18H21FN2OS/c1-4-22-16-9-6-14(7-10-16)12-21(3)18(23)20-15-8-5-13(2)17(19)11-15/h5-11H,4,12H2,1-3H3,(H,20,23). The summed E-state index contributed by atoms with van der Waals surface area (Å²) in [6.45, 7) is 5.00. The van der Waals surface area contributed by atoms with Crippen LogP contribution in [0.25, 0.3) is 0 Å². The molecule has 0 atom stereocenters. The van der Waals surface area contributed by atoms with Crippen LogP contribution in [0.2, 0.25) is 0 Å². The Morgan fingerprint density at radius 2 is 1.91 bits per heavy atom. The molecule has 5 heteroatoms. The molecule has 0 heterocycles. The molecule has 0 amide bonds. The normalized spacial score (nSPS) is 10.3. The van der Waals surface area contributed by atoms with E-state index in [2.05, 4.69) is 5.32 Å². The van der Waals surface area contributed by atoms with Gasteiger partial charge in [-0.2, -0.15) is 0 Å². The molecule has 0 bridgehead atoms. The van der Waals surface area contributed by atoms with Crippen LogP contribution in [0, 0.1) is 12.7 Å². The van der Waals surface area contributed by atoms with Crippen molar-refractivity contribution in [3.63, 3.8) is 0 Å². The molecule has 0 spiro atoms. The van der Waals surface area contributed by atoms with E-state index in [0.29, 0.717) is 29.5 Å². The molecule has 0 aliphatic rings. The van der Waals surface area contributed by atoms with Crippen LogP contribution in [-0.2, 0) is 6.54 Å². The number of thiocarbonyl (C=S) groups is 1. The van der Waals surface area contributed by atoms with E-state index < -0.39 is 0 Å². The molecule has 0 aromatic heterocycles. The van der Waals surface area contributed by atoms with E-state index in [-0.39, 0.29) is 5.82 Å². The van der Waals surface area contributed by atoms with E-state index in [1.54, 1.807) is 13.0 Å². The summed E-state index contributed by atoms with van der Waals surface area (Å²) in [5.41, 5.74) is 2.39. The molecule has 0 saturated carbocycles. The lowest BCUT2D eigenvalue weighted by atomic mass is 10.2. The van der Waals surface area contributed by atoms with Crippen molar-refractivity contribution < 1.29 is 9.13 Å². The zero-order chi connectivity index (χ0) is 16.8. The van der Waals surface area contributed by atoms with Crippen molar-refractivity contribution in [2.75, 3.05) is 19.0 Å². The first kappa shape index (κ1) is 17.2. The van der Waals surface area contributed by atoms with Crippen molar-refractivity contribution in [2.24, 2.45) is 0 Å². The number of aryl methyl sites for hydroxylation is 1. The summed E-state index contributed by atoms with van der Waals surface area (Å²) in [4.78, 5) is 1.91. The van der Waals surface area contributed by atoms with Gasteiger partial charge in [-0.25, -0.2) is 4.39 Å². The molecular formula is C18H21FN2OS. The SMILES string of the molecule is CCOc1ccc(CN(C)C(=S)Nc2ccc(C)c(F)c2)cc1. The van der Waals surface area contributed by atoms with E-state index >= 15 is 0 Å². The number of nitrogens with zero attached hydrogens (tertiary/aromatic N) is 1. The first-order valence-electron chi connectivity index (χ1n) is 7.49. The third-order valence-electron chi connectivity index (χ3n) is 3.42. The number of hydrogen-bond donors (Lipinski definition) is 1. The van der Waals surface area contributed by atoms with Crippen LogP contribution in [0.5, 0.6) is 5.75 Å². The van der Waals surface area contributed by atoms with Crippen molar-refractivity contribution in [1.82, 2.24) is 4.90 Å². The fourth-order valence-electron chi connectivity index (χ4n) is 2.09. The van der Waals surface area contributed by atoms with Gasteiger partial charge in [-0.05, 0) is 61.5 Å². The summed E-state index contributed by atoms with van der Waals surface area (Å²) in [5, 5.41) is 3.60. The van der Waals surface area contributed by atoms with Crippen molar-refractivity contribution in [2.45, 2.75) is 20.4 Å². The van der Waals surface area contributed by atoms with Gasteiger partial charge in [-0.1, -0.05) is 18.2 Å². The van der Waals surface area contributed by atoms with Gasteiger partial charge in [0.05, 0.1) is 6.61 Å². The van der Waals surface area contributed by atoms with E-state index in [9.17, 15) is 4.39 Å². The maximum absolute atomic E-state index is 13.6. The Kier molecular flexibility index (Phi) is 5.93. The van der Waals surface area contributed by atoms with Crippen molar-refractivity contribution >= 4 is 23.0 Å². The van der Waals surface area contributed by atoms with Crippen molar-refractivity contribution in [3.8, 4) is 5.75 Å². The van der Waals surface area contributed by atoms with Crippen LogP contribution in [-0.4, -0.2) is 23.7 Å². The number of halogens is 1. The molecule has 3 nitrogen and oxygen atoms in total. The first-order chi connectivity index (χ1) is 11.0. The predicted molar refractivity (Wildman–Crippen MR) is 96.4 cm³/mol. The predicted octanol–water partition coefficient (Wildman–Crippen LogP) is 4.36. The smallest absolute Gasteiger partial charge is 0.173 e. The van der Waals surface area contributed by atoms with Crippen LogP contribution in [0.15, 0.2) is 42.5 Å². The fourth-order valence-corrected chi connectivity index (χ4v) is 2.28. The molecule has 0 unspecified atom stereocenters. The van der Waals surface area contributed by atoms with Gasteiger partial charge in [-0.3, -0.25) is 0 Å². The highest BCUT2D eigenvalue weighted by Crippen LogP contribution is 2.16. The number of rotatable bonds is 5. The second-order valence-corrected chi connectivity index (χ2v) is 5.71. The average molecular weight is 332 g/mol. The maximum Gasteiger partial charge on any atom is 0.173 e. The van der Waals surface area contributed by atoms with E-state index in [1.165, 1.54) is 6.07 Å². The number of benzene rings is 2. The molecule has 0 radical (unpaired) electrons. The largest absolute Gasteiger partial charge is 0.494 e. The monoisotopic (exact) mass is 332 g/mol. The van der Waals surface area contributed by atoms with Gasteiger partial charge < -0.3 is 15.0 Å².